The van der Waals surface area contributed by atoms with Crippen LogP contribution in [0.25, 0.3) is 6.08 Å². The minimum absolute atomic E-state index is 0.0169. The molecule has 0 saturated carbocycles. The van der Waals surface area contributed by atoms with E-state index in [1.54, 1.807) is 26.2 Å². The number of aryl methyl sites for hydroxylation is 1. The van der Waals surface area contributed by atoms with E-state index in [1.165, 1.54) is 6.08 Å². The average Bonchev–Trinajstić information content (AvgIpc) is 3.46. The van der Waals surface area contributed by atoms with Gasteiger partial charge in [-0.25, -0.2) is 9.78 Å². The van der Waals surface area contributed by atoms with Crippen molar-refractivity contribution >= 4 is 18.0 Å². The largest absolute Gasteiger partial charge is 0.462 e. The molecule has 1 aromatic heterocycles. The van der Waals surface area contributed by atoms with Gasteiger partial charge in [0.2, 0.25) is 0 Å². The fourth-order valence-corrected chi connectivity index (χ4v) is 5.72. The Morgan fingerprint density at radius 3 is 2.67 bits per heavy atom. The number of aliphatic hydroxyl groups is 2. The van der Waals surface area contributed by atoms with E-state index in [9.17, 15) is 19.8 Å². The summed E-state index contributed by atoms with van der Waals surface area (Å²) in [4.78, 5) is 29.4. The van der Waals surface area contributed by atoms with E-state index in [2.05, 4.69) is 4.98 Å². The van der Waals surface area contributed by atoms with Gasteiger partial charge in [-0.2, -0.15) is 0 Å². The van der Waals surface area contributed by atoms with Crippen LogP contribution in [0.4, 0.5) is 0 Å². The average molecular weight is 596 g/mol. The number of nitrogens with zero attached hydrogens (tertiary/aromatic N) is 1. The van der Waals surface area contributed by atoms with Gasteiger partial charge in [-0.3, -0.25) is 4.79 Å². The third kappa shape index (κ3) is 8.65. The highest BCUT2D eigenvalue weighted by Gasteiger charge is 2.57. The fraction of sp³-hybridized carbons (Fsp3) is 0.559. The number of oxazole rings is 1. The zero-order valence-corrected chi connectivity index (χ0v) is 25.9. The van der Waals surface area contributed by atoms with Gasteiger partial charge < -0.3 is 28.8 Å². The number of aromatic nitrogens is 1. The lowest BCUT2D eigenvalue weighted by Crippen LogP contribution is -2.40. The second kappa shape index (κ2) is 14.0. The molecule has 0 unspecified atom stereocenters. The van der Waals surface area contributed by atoms with Gasteiger partial charge in [-0.05, 0) is 56.8 Å². The molecule has 2 fully saturated rings. The number of hydrogen-bond acceptors (Lipinski definition) is 9. The van der Waals surface area contributed by atoms with Gasteiger partial charge in [0.15, 0.2) is 5.89 Å². The number of carbonyl (C=O) groups excluding carboxylic acids is 2. The van der Waals surface area contributed by atoms with Crippen molar-refractivity contribution in [3.63, 3.8) is 0 Å². The summed E-state index contributed by atoms with van der Waals surface area (Å²) < 4.78 is 22.6. The minimum Gasteiger partial charge on any atom is -0.462 e. The zero-order valence-electron chi connectivity index (χ0n) is 25.9. The minimum atomic E-state index is -0.948. The number of carbonyl (C=O) groups is 2. The number of epoxide rings is 1. The molecule has 1 aromatic rings. The van der Waals surface area contributed by atoms with Crippen LogP contribution in [0.1, 0.15) is 71.9 Å². The fourth-order valence-electron chi connectivity index (χ4n) is 5.72. The molecule has 0 radical (unpaired) electrons. The predicted molar refractivity (Wildman–Crippen MR) is 161 cm³/mol. The molecule has 0 aromatic carbocycles. The number of allylic oxidation sites excluding steroid dienone is 5. The summed E-state index contributed by atoms with van der Waals surface area (Å²) in [6.07, 6.45) is 14.5. The number of cyclic esters (lactones) is 1. The molecule has 234 valence electrons. The van der Waals surface area contributed by atoms with E-state index in [-0.39, 0.29) is 36.4 Å². The summed E-state index contributed by atoms with van der Waals surface area (Å²) in [5, 5.41) is 22.4. The lowest BCUT2D eigenvalue weighted by atomic mass is 9.85. The number of rotatable bonds is 6. The first-order valence-electron chi connectivity index (χ1n) is 15.1. The number of ether oxygens (including phenoxy) is 3. The summed E-state index contributed by atoms with van der Waals surface area (Å²) >= 11 is 0. The van der Waals surface area contributed by atoms with E-state index >= 15 is 0 Å². The van der Waals surface area contributed by atoms with Crippen LogP contribution >= 0.6 is 0 Å². The molecule has 9 nitrogen and oxygen atoms in total. The van der Waals surface area contributed by atoms with E-state index < -0.39 is 35.8 Å². The van der Waals surface area contributed by atoms with E-state index in [4.69, 9.17) is 18.6 Å². The maximum atomic E-state index is 12.9. The van der Waals surface area contributed by atoms with Gasteiger partial charge in [-0.1, -0.05) is 50.3 Å². The van der Waals surface area contributed by atoms with Crippen LogP contribution in [-0.4, -0.2) is 63.3 Å². The summed E-state index contributed by atoms with van der Waals surface area (Å²) in [6.45, 7) is 11.2. The van der Waals surface area contributed by atoms with Gasteiger partial charge in [0, 0.05) is 37.7 Å². The van der Waals surface area contributed by atoms with Crippen LogP contribution in [0.3, 0.4) is 0 Å². The van der Waals surface area contributed by atoms with Crippen molar-refractivity contribution < 1.29 is 38.4 Å². The zero-order chi connectivity index (χ0) is 31.3. The molecule has 2 N–H and O–H groups in total. The molecule has 43 heavy (non-hydrogen) atoms. The molecule has 2 saturated heterocycles. The topological polar surface area (TPSA) is 132 Å². The quantitative estimate of drug-likeness (QED) is 0.198. The normalized spacial score (nSPS) is 35.4. The van der Waals surface area contributed by atoms with Gasteiger partial charge >= 0.3 is 11.9 Å². The molecule has 9 atom stereocenters. The highest BCUT2D eigenvalue weighted by atomic mass is 16.6. The second-order valence-corrected chi connectivity index (χ2v) is 12.4. The Morgan fingerprint density at radius 1 is 1.19 bits per heavy atom. The molecule has 4 heterocycles. The van der Waals surface area contributed by atoms with Crippen molar-refractivity contribution in [1.82, 2.24) is 4.98 Å². The smallest absolute Gasteiger partial charge is 0.330 e. The van der Waals surface area contributed by atoms with Gasteiger partial charge in [0.25, 0.3) is 0 Å². The predicted octanol–water partition coefficient (Wildman–Crippen LogP) is 5.18. The monoisotopic (exact) mass is 595 g/mol. The summed E-state index contributed by atoms with van der Waals surface area (Å²) in [6, 6.07) is 0. The van der Waals surface area contributed by atoms with Gasteiger partial charge in [0.05, 0.1) is 12.2 Å². The maximum Gasteiger partial charge on any atom is 0.330 e. The first-order chi connectivity index (χ1) is 20.4. The second-order valence-electron chi connectivity index (χ2n) is 12.4. The summed E-state index contributed by atoms with van der Waals surface area (Å²) in [7, 11) is 0. The van der Waals surface area contributed by atoms with Crippen molar-refractivity contribution in [1.29, 1.82) is 0 Å². The van der Waals surface area contributed by atoms with Crippen LogP contribution in [0.15, 0.2) is 64.4 Å². The molecule has 2 bridgehead atoms. The van der Waals surface area contributed by atoms with Crippen LogP contribution < -0.4 is 0 Å². The molecular formula is C34H45NO8. The molecule has 0 spiro atoms. The van der Waals surface area contributed by atoms with Crippen LogP contribution in [0, 0.1) is 24.7 Å². The number of fused-ring (bicyclic) bond motifs is 3. The first-order valence-corrected chi connectivity index (χ1v) is 15.1. The van der Waals surface area contributed by atoms with Crippen molar-refractivity contribution in [2.24, 2.45) is 17.8 Å². The maximum absolute atomic E-state index is 12.9. The van der Waals surface area contributed by atoms with Gasteiger partial charge in [0.1, 0.15) is 35.9 Å². The number of esters is 2. The summed E-state index contributed by atoms with van der Waals surface area (Å²) in [5.41, 5.74) is 1.51. The highest BCUT2D eigenvalue weighted by Crippen LogP contribution is 2.43. The number of aliphatic hydroxyl groups excluding tert-OH is 2. The van der Waals surface area contributed by atoms with Gasteiger partial charge in [-0.15, -0.1) is 0 Å². The Balaban J connectivity index is 1.49. The van der Waals surface area contributed by atoms with E-state index in [1.807, 2.05) is 64.2 Å². The summed E-state index contributed by atoms with van der Waals surface area (Å²) in [5.74, 6) is -0.667. The Kier molecular flexibility index (Phi) is 10.6. The van der Waals surface area contributed by atoms with E-state index in [0.717, 1.165) is 11.3 Å². The molecule has 3 aliphatic rings. The Morgan fingerprint density at radius 2 is 1.95 bits per heavy atom. The van der Waals surface area contributed by atoms with Crippen molar-refractivity contribution in [3.05, 3.63) is 71.5 Å². The first kappa shape index (κ1) is 32.6. The van der Waals surface area contributed by atoms with Crippen LogP contribution in [-0.2, 0) is 23.8 Å². The molecular weight excluding hydrogens is 550 g/mol. The molecule has 4 rings (SSSR count). The standard InChI is InChI=1S/C34H45NO8/c1-20(15-26-19-40-24(5)35-26)9-7-10-22(3)33(39)23(4)28-18-29(36)34(6)30(43-34)14-13-21(2)27-16-25(17-32(38)41-27)11-8-12-31(37)42-28/h7-10,12-15,19,21,23,25,27-30,33,36,39H,11,16-18H2,1-6H3/b9-7+,12-8+,14-13+,20-15+,22-10+/t21-,23-,25-,27-,28+,29+,30-,33+,34-/m1/s1. The number of hydrogen-bond donors (Lipinski definition) is 2. The lowest BCUT2D eigenvalue weighted by molar-refractivity contribution is -0.158. The van der Waals surface area contributed by atoms with Crippen LogP contribution in [0.2, 0.25) is 0 Å². The Bertz CT molecular complexity index is 1300. The molecule has 9 heteroatoms. The van der Waals surface area contributed by atoms with Crippen molar-refractivity contribution in [2.75, 3.05) is 0 Å². The lowest BCUT2D eigenvalue weighted by Gasteiger charge is -2.31. The Labute approximate surface area is 254 Å². The highest BCUT2D eigenvalue weighted by molar-refractivity contribution is 5.82. The van der Waals surface area contributed by atoms with Crippen LogP contribution in [0.5, 0.6) is 0 Å². The Hall–Kier alpha value is -3.27. The third-order valence-corrected chi connectivity index (χ3v) is 8.76. The SMILES string of the molecule is CC(/C=C/C=C(\C)[C@H](O)[C@H](C)[C@@H]1C[C@H](O)[C@@]2(C)O[C@@H]2/C=C/[C@@H](C)[C@H]2C[C@@H](C/C=C/C(=O)O1)CC(=O)O2)=C\c1coc(C)n1. The van der Waals surface area contributed by atoms with Crippen molar-refractivity contribution in [3.8, 4) is 0 Å². The van der Waals surface area contributed by atoms with Crippen molar-refractivity contribution in [2.45, 2.75) is 103 Å². The van der Waals surface area contributed by atoms with E-state index in [0.29, 0.717) is 30.7 Å². The molecule has 3 aliphatic heterocycles. The third-order valence-electron chi connectivity index (χ3n) is 8.76. The molecule has 0 amide bonds. The molecule has 0 aliphatic carbocycles.